The van der Waals surface area contributed by atoms with E-state index in [4.69, 9.17) is 0 Å². The third kappa shape index (κ3) is 4.50. The van der Waals surface area contributed by atoms with E-state index in [0.717, 1.165) is 18.6 Å². The number of halogens is 1. The van der Waals surface area contributed by atoms with Gasteiger partial charge in [0.2, 0.25) is 0 Å². The zero-order valence-corrected chi connectivity index (χ0v) is 14.5. The fourth-order valence-corrected chi connectivity index (χ4v) is 3.37. The Morgan fingerprint density at radius 2 is 2.12 bits per heavy atom. The standard InChI is InChI=1S/C14H19FN4O5S/c1-8(2)3-4-16-14(22)17-9-5-10(15)13(11(20)6-9)19-7-12(21)18-25(19,23)24/h5-6,8,20H,3-4,7H2,1-2H3,(H,18,21)(H2,16,17,22). The molecular weight excluding hydrogens is 355 g/mol. The molecular formula is C14H19FN4O5S. The van der Waals surface area contributed by atoms with Crippen molar-refractivity contribution in [2.24, 2.45) is 5.92 Å². The van der Waals surface area contributed by atoms with Crippen LogP contribution in [0.25, 0.3) is 0 Å². The predicted molar refractivity (Wildman–Crippen MR) is 88.9 cm³/mol. The summed E-state index contributed by atoms with van der Waals surface area (Å²) in [5.41, 5.74) is -0.721. The molecule has 11 heteroatoms. The molecule has 0 unspecified atom stereocenters. The van der Waals surface area contributed by atoms with E-state index in [-0.39, 0.29) is 5.69 Å². The molecule has 2 rings (SSSR count). The zero-order chi connectivity index (χ0) is 18.8. The van der Waals surface area contributed by atoms with Crippen molar-refractivity contribution in [3.63, 3.8) is 0 Å². The van der Waals surface area contributed by atoms with Crippen LogP contribution >= 0.6 is 0 Å². The summed E-state index contributed by atoms with van der Waals surface area (Å²) in [6, 6.07) is 1.27. The second-order valence-electron chi connectivity index (χ2n) is 5.93. The van der Waals surface area contributed by atoms with Gasteiger partial charge < -0.3 is 15.7 Å². The molecule has 1 aromatic rings. The molecule has 0 radical (unpaired) electrons. The van der Waals surface area contributed by atoms with Gasteiger partial charge in [0.05, 0.1) is 0 Å². The molecule has 1 aliphatic rings. The van der Waals surface area contributed by atoms with Gasteiger partial charge in [-0.05, 0) is 18.4 Å². The summed E-state index contributed by atoms with van der Waals surface area (Å²) >= 11 is 0. The Hall–Kier alpha value is -2.56. The molecule has 0 spiro atoms. The minimum atomic E-state index is -4.26. The van der Waals surface area contributed by atoms with Gasteiger partial charge in [0.1, 0.15) is 18.0 Å². The van der Waals surface area contributed by atoms with Crippen molar-refractivity contribution in [1.29, 1.82) is 0 Å². The number of nitrogens with one attached hydrogen (secondary N) is 3. The summed E-state index contributed by atoms with van der Waals surface area (Å²) in [6.45, 7) is 3.78. The lowest BCUT2D eigenvalue weighted by Crippen LogP contribution is -2.31. The van der Waals surface area contributed by atoms with Gasteiger partial charge in [0.15, 0.2) is 5.82 Å². The van der Waals surface area contributed by atoms with Gasteiger partial charge >= 0.3 is 16.2 Å². The molecule has 0 aliphatic carbocycles. The van der Waals surface area contributed by atoms with Crippen molar-refractivity contribution in [1.82, 2.24) is 10.0 Å². The van der Waals surface area contributed by atoms with Gasteiger partial charge in [-0.15, -0.1) is 0 Å². The summed E-state index contributed by atoms with van der Waals surface area (Å²) in [6.07, 6.45) is 0.764. The minimum Gasteiger partial charge on any atom is -0.506 e. The van der Waals surface area contributed by atoms with E-state index in [1.807, 2.05) is 13.8 Å². The number of amides is 3. The first kappa shape index (κ1) is 18.8. The average molecular weight is 374 g/mol. The molecule has 138 valence electrons. The van der Waals surface area contributed by atoms with Crippen molar-refractivity contribution in [2.75, 3.05) is 22.7 Å². The van der Waals surface area contributed by atoms with Gasteiger partial charge in [-0.25, -0.2) is 18.2 Å². The SMILES string of the molecule is CC(C)CCNC(=O)Nc1cc(O)c(N2CC(=O)NS2(=O)=O)c(F)c1. The number of benzene rings is 1. The van der Waals surface area contributed by atoms with Crippen LogP contribution in [0.1, 0.15) is 20.3 Å². The van der Waals surface area contributed by atoms with E-state index in [1.54, 1.807) is 4.72 Å². The summed E-state index contributed by atoms with van der Waals surface area (Å²) in [7, 11) is -4.26. The van der Waals surface area contributed by atoms with E-state index >= 15 is 0 Å². The highest BCUT2D eigenvalue weighted by molar-refractivity contribution is 7.92. The van der Waals surface area contributed by atoms with Crippen LogP contribution in [0.2, 0.25) is 0 Å². The number of hydrogen-bond donors (Lipinski definition) is 4. The van der Waals surface area contributed by atoms with E-state index in [0.29, 0.717) is 16.8 Å². The number of phenolic OH excluding ortho intramolecular Hbond substituents is 1. The van der Waals surface area contributed by atoms with Crippen molar-refractivity contribution in [3.05, 3.63) is 17.9 Å². The lowest BCUT2D eigenvalue weighted by Gasteiger charge is -2.18. The van der Waals surface area contributed by atoms with Crippen LogP contribution in [-0.4, -0.2) is 38.6 Å². The smallest absolute Gasteiger partial charge is 0.326 e. The Labute approximate surface area is 144 Å². The third-order valence-electron chi connectivity index (χ3n) is 3.38. The number of carbonyl (C=O) groups is 2. The van der Waals surface area contributed by atoms with Gasteiger partial charge in [0.25, 0.3) is 5.91 Å². The monoisotopic (exact) mass is 374 g/mol. The molecule has 9 nitrogen and oxygen atoms in total. The highest BCUT2D eigenvalue weighted by atomic mass is 32.2. The van der Waals surface area contributed by atoms with Crippen LogP contribution in [-0.2, 0) is 15.0 Å². The first-order valence-electron chi connectivity index (χ1n) is 7.51. The topological polar surface area (TPSA) is 128 Å². The van der Waals surface area contributed by atoms with Gasteiger partial charge in [-0.3, -0.25) is 4.79 Å². The lowest BCUT2D eigenvalue weighted by molar-refractivity contribution is -0.117. The van der Waals surface area contributed by atoms with Gasteiger partial charge in [0, 0.05) is 18.3 Å². The van der Waals surface area contributed by atoms with Crippen LogP contribution in [0.5, 0.6) is 5.75 Å². The summed E-state index contributed by atoms with van der Waals surface area (Å²) < 4.78 is 39.9. The first-order valence-corrected chi connectivity index (χ1v) is 8.95. The molecule has 1 heterocycles. The van der Waals surface area contributed by atoms with Gasteiger partial charge in [-0.2, -0.15) is 8.42 Å². The maximum atomic E-state index is 14.3. The Bertz CT molecular complexity index is 773. The Morgan fingerprint density at radius 3 is 2.64 bits per heavy atom. The number of rotatable bonds is 5. The number of nitrogens with zero attached hydrogens (tertiary/aromatic N) is 1. The Morgan fingerprint density at radius 1 is 1.44 bits per heavy atom. The Kier molecular flexibility index (Phi) is 5.36. The zero-order valence-electron chi connectivity index (χ0n) is 13.7. The second-order valence-corrected chi connectivity index (χ2v) is 7.52. The molecule has 1 fully saturated rings. The van der Waals surface area contributed by atoms with Crippen LogP contribution in [0.3, 0.4) is 0 Å². The van der Waals surface area contributed by atoms with Crippen LogP contribution in [0, 0.1) is 11.7 Å². The first-order chi connectivity index (χ1) is 11.6. The van der Waals surface area contributed by atoms with Crippen LogP contribution in [0.15, 0.2) is 12.1 Å². The summed E-state index contributed by atoms with van der Waals surface area (Å²) in [5.74, 6) is -2.26. The fourth-order valence-electron chi connectivity index (χ4n) is 2.20. The second kappa shape index (κ2) is 7.13. The van der Waals surface area contributed by atoms with E-state index in [9.17, 15) is 27.5 Å². The Balaban J connectivity index is 2.15. The molecule has 0 aromatic heterocycles. The normalized spacial score (nSPS) is 16.0. The fraction of sp³-hybridized carbons (Fsp3) is 0.429. The van der Waals surface area contributed by atoms with Crippen molar-refractivity contribution in [2.45, 2.75) is 20.3 Å². The number of hydrogen-bond acceptors (Lipinski definition) is 5. The average Bonchev–Trinajstić information content (AvgIpc) is 2.70. The number of carbonyl (C=O) groups excluding carboxylic acids is 2. The molecule has 3 amide bonds. The molecule has 0 saturated carbocycles. The third-order valence-corrected chi connectivity index (χ3v) is 4.76. The molecule has 4 N–H and O–H groups in total. The van der Waals surface area contributed by atoms with Crippen LogP contribution in [0.4, 0.5) is 20.6 Å². The number of urea groups is 1. The summed E-state index contributed by atoms with van der Waals surface area (Å²) in [5, 5.41) is 14.9. The predicted octanol–water partition coefficient (Wildman–Crippen LogP) is 0.880. The van der Waals surface area contributed by atoms with E-state index in [2.05, 4.69) is 10.6 Å². The molecule has 25 heavy (non-hydrogen) atoms. The highest BCUT2D eigenvalue weighted by Crippen LogP contribution is 2.35. The molecule has 1 aliphatic heterocycles. The van der Waals surface area contributed by atoms with Gasteiger partial charge in [-0.1, -0.05) is 13.8 Å². The van der Waals surface area contributed by atoms with E-state index < -0.39 is 45.9 Å². The lowest BCUT2D eigenvalue weighted by atomic mass is 10.1. The summed E-state index contributed by atoms with van der Waals surface area (Å²) in [4.78, 5) is 22.9. The molecule has 0 bridgehead atoms. The number of anilines is 2. The van der Waals surface area contributed by atoms with Crippen molar-refractivity contribution >= 4 is 33.5 Å². The van der Waals surface area contributed by atoms with Crippen LogP contribution < -0.4 is 19.7 Å². The highest BCUT2D eigenvalue weighted by Gasteiger charge is 2.37. The molecule has 1 saturated heterocycles. The maximum Gasteiger partial charge on any atom is 0.326 e. The van der Waals surface area contributed by atoms with Crippen molar-refractivity contribution < 1.29 is 27.5 Å². The maximum absolute atomic E-state index is 14.3. The molecule has 0 atom stereocenters. The number of aromatic hydroxyl groups is 1. The number of phenols is 1. The van der Waals surface area contributed by atoms with Crippen molar-refractivity contribution in [3.8, 4) is 5.75 Å². The quantitative estimate of drug-likeness (QED) is 0.608. The largest absolute Gasteiger partial charge is 0.506 e. The minimum absolute atomic E-state index is 0.0586. The van der Waals surface area contributed by atoms with E-state index in [1.165, 1.54) is 0 Å². The molecule has 1 aromatic carbocycles.